The zero-order valence-corrected chi connectivity index (χ0v) is 12.3. The van der Waals surface area contributed by atoms with Crippen LogP contribution in [0.2, 0.25) is 0 Å². The standard InChI is InChI=1S/C11H13IN2O6/c12-2-4-13-7(16)1-3-14(11(13)19)10-9(18)8(17)6(5-15)20-10/h1-4,6,8-10,15,17-18H,5H2/t6-,8-,9-,10-/m1/s1. The van der Waals surface area contributed by atoms with Gasteiger partial charge in [0.25, 0.3) is 5.56 Å². The van der Waals surface area contributed by atoms with Gasteiger partial charge in [0, 0.05) is 18.5 Å². The van der Waals surface area contributed by atoms with Gasteiger partial charge >= 0.3 is 5.69 Å². The number of aliphatic hydroxyl groups is 3. The minimum Gasteiger partial charge on any atom is -0.394 e. The van der Waals surface area contributed by atoms with Gasteiger partial charge in [-0.05, 0) is 4.08 Å². The first-order chi connectivity index (χ1) is 9.51. The fourth-order valence-corrected chi connectivity index (χ4v) is 2.33. The molecule has 20 heavy (non-hydrogen) atoms. The highest BCUT2D eigenvalue weighted by molar-refractivity contribution is 14.1. The van der Waals surface area contributed by atoms with Gasteiger partial charge in [0.05, 0.1) is 6.61 Å². The Morgan fingerprint density at radius 3 is 2.60 bits per heavy atom. The molecule has 1 aromatic heterocycles. The predicted octanol–water partition coefficient (Wildman–Crippen LogP) is -1.52. The molecule has 0 saturated carbocycles. The first-order valence-electron chi connectivity index (χ1n) is 5.74. The van der Waals surface area contributed by atoms with Crippen LogP contribution < -0.4 is 11.2 Å². The summed E-state index contributed by atoms with van der Waals surface area (Å²) in [5.74, 6) is 0. The third-order valence-electron chi connectivity index (χ3n) is 3.04. The smallest absolute Gasteiger partial charge is 0.337 e. The average molecular weight is 396 g/mol. The van der Waals surface area contributed by atoms with Gasteiger partial charge in [-0.1, -0.05) is 22.6 Å². The second kappa shape index (κ2) is 6.18. The predicted molar refractivity (Wildman–Crippen MR) is 77.3 cm³/mol. The molecule has 0 spiro atoms. The van der Waals surface area contributed by atoms with Crippen molar-refractivity contribution in [1.82, 2.24) is 9.13 Å². The van der Waals surface area contributed by atoms with E-state index in [0.717, 1.165) is 15.2 Å². The summed E-state index contributed by atoms with van der Waals surface area (Å²) < 4.78 is 8.58. The maximum absolute atomic E-state index is 12.2. The number of rotatable bonds is 3. The van der Waals surface area contributed by atoms with Crippen molar-refractivity contribution in [1.29, 1.82) is 0 Å². The van der Waals surface area contributed by atoms with Crippen LogP contribution in [0.25, 0.3) is 6.20 Å². The summed E-state index contributed by atoms with van der Waals surface area (Å²) in [7, 11) is 0. The normalized spacial score (nSPS) is 30.2. The summed E-state index contributed by atoms with van der Waals surface area (Å²) >= 11 is 1.86. The van der Waals surface area contributed by atoms with Crippen LogP contribution in [0, 0.1) is 0 Å². The zero-order valence-electron chi connectivity index (χ0n) is 10.2. The number of aliphatic hydroxyl groups excluding tert-OH is 3. The van der Waals surface area contributed by atoms with Crippen LogP contribution in [-0.2, 0) is 4.74 Å². The maximum Gasteiger partial charge on any atom is 0.337 e. The van der Waals surface area contributed by atoms with E-state index in [1.54, 1.807) is 0 Å². The van der Waals surface area contributed by atoms with E-state index in [4.69, 9.17) is 9.84 Å². The highest BCUT2D eigenvalue weighted by Crippen LogP contribution is 2.27. The van der Waals surface area contributed by atoms with Gasteiger partial charge in [-0.2, -0.15) is 0 Å². The molecule has 0 radical (unpaired) electrons. The first kappa shape index (κ1) is 15.4. The van der Waals surface area contributed by atoms with E-state index in [9.17, 15) is 19.8 Å². The molecular formula is C11H13IN2O6. The molecular weight excluding hydrogens is 383 g/mol. The molecule has 1 aliphatic heterocycles. The largest absolute Gasteiger partial charge is 0.394 e. The summed E-state index contributed by atoms with van der Waals surface area (Å²) in [4.78, 5) is 23.7. The van der Waals surface area contributed by atoms with E-state index in [2.05, 4.69) is 0 Å². The van der Waals surface area contributed by atoms with Crippen LogP contribution in [0.4, 0.5) is 0 Å². The molecule has 2 heterocycles. The molecule has 1 aromatic rings. The quantitative estimate of drug-likeness (QED) is 0.536. The van der Waals surface area contributed by atoms with E-state index in [-0.39, 0.29) is 0 Å². The maximum atomic E-state index is 12.2. The Hall–Kier alpha value is -1.01. The van der Waals surface area contributed by atoms with Gasteiger partial charge in [-0.3, -0.25) is 9.36 Å². The van der Waals surface area contributed by atoms with Crippen LogP contribution in [-0.4, -0.2) is 49.4 Å². The Balaban J connectivity index is 2.47. The third kappa shape index (κ3) is 2.59. The molecule has 0 amide bonds. The van der Waals surface area contributed by atoms with Gasteiger partial charge in [0.2, 0.25) is 0 Å². The minimum absolute atomic E-state index is 0.489. The van der Waals surface area contributed by atoms with Gasteiger partial charge in [0.15, 0.2) is 6.23 Å². The van der Waals surface area contributed by atoms with Crippen LogP contribution in [0.5, 0.6) is 0 Å². The fraction of sp³-hybridized carbons (Fsp3) is 0.455. The molecule has 0 unspecified atom stereocenters. The number of aromatic nitrogens is 2. The van der Waals surface area contributed by atoms with Crippen LogP contribution in [0.1, 0.15) is 6.23 Å². The topological polar surface area (TPSA) is 114 Å². The SMILES string of the molecule is O=c1ccn([C@@H]2O[C@H](CO)[C@@H](O)[C@H]2O)c(=O)n1C=CI. The summed E-state index contributed by atoms with van der Waals surface area (Å²) in [5.41, 5.74) is -1.23. The van der Waals surface area contributed by atoms with Crippen molar-refractivity contribution in [2.75, 3.05) is 6.61 Å². The van der Waals surface area contributed by atoms with Gasteiger partial charge in [0.1, 0.15) is 18.3 Å². The van der Waals surface area contributed by atoms with E-state index in [0.29, 0.717) is 0 Å². The molecule has 0 aromatic carbocycles. The molecule has 110 valence electrons. The average Bonchev–Trinajstić information content (AvgIpc) is 2.71. The number of ether oxygens (including phenoxy) is 1. The summed E-state index contributed by atoms with van der Waals surface area (Å²) in [5, 5.41) is 28.6. The second-order valence-corrected chi connectivity index (χ2v) is 4.94. The molecule has 9 heteroatoms. The summed E-state index contributed by atoms with van der Waals surface area (Å²) in [6.45, 7) is -0.489. The van der Waals surface area contributed by atoms with Crippen molar-refractivity contribution in [3.63, 3.8) is 0 Å². The summed E-state index contributed by atoms with van der Waals surface area (Å²) in [6.07, 6.45) is -2.37. The number of hydrogen-bond donors (Lipinski definition) is 3. The summed E-state index contributed by atoms with van der Waals surface area (Å²) in [6, 6.07) is 1.15. The Labute approximate surface area is 126 Å². The molecule has 1 saturated heterocycles. The van der Waals surface area contributed by atoms with E-state index >= 15 is 0 Å². The Kier molecular flexibility index (Phi) is 4.75. The van der Waals surface area contributed by atoms with Crippen molar-refractivity contribution < 1.29 is 20.1 Å². The lowest BCUT2D eigenvalue weighted by molar-refractivity contribution is -0.0552. The first-order valence-corrected chi connectivity index (χ1v) is 6.99. The molecule has 4 atom stereocenters. The molecule has 0 aliphatic carbocycles. The Bertz CT molecular complexity index is 624. The van der Waals surface area contributed by atoms with Gasteiger partial charge in [-0.25, -0.2) is 9.36 Å². The second-order valence-electron chi connectivity index (χ2n) is 4.22. The molecule has 3 N–H and O–H groups in total. The molecule has 0 bridgehead atoms. The van der Waals surface area contributed by atoms with Crippen molar-refractivity contribution in [3.05, 3.63) is 37.2 Å². The highest BCUT2D eigenvalue weighted by Gasteiger charge is 2.43. The van der Waals surface area contributed by atoms with Crippen molar-refractivity contribution in [2.24, 2.45) is 0 Å². The minimum atomic E-state index is -1.38. The monoisotopic (exact) mass is 396 g/mol. The Morgan fingerprint density at radius 2 is 2.05 bits per heavy atom. The zero-order chi connectivity index (χ0) is 14.9. The van der Waals surface area contributed by atoms with Crippen LogP contribution in [0.3, 0.4) is 0 Å². The highest BCUT2D eigenvalue weighted by atomic mass is 127. The van der Waals surface area contributed by atoms with Crippen LogP contribution in [0.15, 0.2) is 25.9 Å². The lowest BCUT2D eigenvalue weighted by atomic mass is 10.1. The van der Waals surface area contributed by atoms with Gasteiger partial charge < -0.3 is 20.1 Å². The van der Waals surface area contributed by atoms with Crippen molar-refractivity contribution in [3.8, 4) is 0 Å². The third-order valence-corrected chi connectivity index (χ3v) is 3.36. The van der Waals surface area contributed by atoms with Crippen molar-refractivity contribution >= 4 is 28.8 Å². The van der Waals surface area contributed by atoms with Crippen molar-refractivity contribution in [2.45, 2.75) is 24.5 Å². The van der Waals surface area contributed by atoms with E-state index in [1.165, 1.54) is 16.5 Å². The number of nitrogens with zero attached hydrogens (tertiary/aromatic N) is 2. The molecule has 2 rings (SSSR count). The number of hydrogen-bond acceptors (Lipinski definition) is 6. The molecule has 1 fully saturated rings. The Morgan fingerprint density at radius 1 is 1.35 bits per heavy atom. The van der Waals surface area contributed by atoms with E-state index in [1.807, 2.05) is 22.6 Å². The fourth-order valence-electron chi connectivity index (χ4n) is 2.00. The van der Waals surface area contributed by atoms with Crippen LogP contribution >= 0.6 is 22.6 Å². The lowest BCUT2D eigenvalue weighted by Crippen LogP contribution is -2.41. The lowest BCUT2D eigenvalue weighted by Gasteiger charge is -2.17. The molecule has 1 aliphatic rings. The van der Waals surface area contributed by atoms with E-state index < -0.39 is 42.4 Å². The van der Waals surface area contributed by atoms with Gasteiger partial charge in [-0.15, -0.1) is 0 Å². The number of halogens is 1. The molecule has 8 nitrogen and oxygen atoms in total.